The SMILES string of the molecule is NCCCCC(N)C(=O)NC(Cc1ccccc1)C(=O)NC(CO)C(=O)NC(CS)C(=O)O. The standard InChI is InChI=1S/C21H33N5O6S/c22-9-5-4-8-14(23)18(28)24-15(10-13-6-2-1-3-7-13)19(29)25-16(11-27)20(30)26-17(12-33)21(31)32/h1-3,6-7,14-17,27,33H,4-5,8-12,22-23H2,(H,24,28)(H,25,29)(H,26,30)(H,31,32). The van der Waals surface area contributed by atoms with Crippen molar-refractivity contribution >= 4 is 36.3 Å². The summed E-state index contributed by atoms with van der Waals surface area (Å²) in [5.41, 5.74) is 12.1. The van der Waals surface area contributed by atoms with Gasteiger partial charge in [-0.3, -0.25) is 14.4 Å². The predicted octanol–water partition coefficient (Wildman–Crippen LogP) is -1.85. The van der Waals surface area contributed by atoms with Gasteiger partial charge in [-0.2, -0.15) is 12.6 Å². The minimum absolute atomic E-state index is 0.113. The molecule has 0 saturated heterocycles. The number of nitrogens with one attached hydrogen (secondary N) is 3. The van der Waals surface area contributed by atoms with Gasteiger partial charge in [-0.15, -0.1) is 0 Å². The molecule has 0 aliphatic heterocycles. The first-order valence-electron chi connectivity index (χ1n) is 10.6. The number of nitrogens with two attached hydrogens (primary N) is 2. The van der Waals surface area contributed by atoms with Gasteiger partial charge in [0.15, 0.2) is 0 Å². The van der Waals surface area contributed by atoms with Crippen LogP contribution in [-0.4, -0.2) is 77.0 Å². The molecular weight excluding hydrogens is 450 g/mol. The molecule has 11 nitrogen and oxygen atoms in total. The van der Waals surface area contributed by atoms with Gasteiger partial charge < -0.3 is 37.6 Å². The Labute approximate surface area is 198 Å². The van der Waals surface area contributed by atoms with E-state index in [0.717, 1.165) is 5.56 Å². The third-order valence-corrected chi connectivity index (χ3v) is 5.20. The third kappa shape index (κ3) is 10.2. The Morgan fingerprint density at radius 1 is 0.909 bits per heavy atom. The van der Waals surface area contributed by atoms with Crippen molar-refractivity contribution in [2.75, 3.05) is 18.9 Å². The van der Waals surface area contributed by atoms with Crippen molar-refractivity contribution in [2.24, 2.45) is 11.5 Å². The molecule has 1 aromatic carbocycles. The summed E-state index contributed by atoms with van der Waals surface area (Å²) in [7, 11) is 0. The minimum atomic E-state index is -1.42. The van der Waals surface area contributed by atoms with Crippen LogP contribution in [0.5, 0.6) is 0 Å². The summed E-state index contributed by atoms with van der Waals surface area (Å²) in [5, 5.41) is 25.8. The number of carbonyl (C=O) groups excluding carboxylic acids is 3. The van der Waals surface area contributed by atoms with Crippen molar-refractivity contribution in [1.29, 1.82) is 0 Å². The van der Waals surface area contributed by atoms with Crippen LogP contribution >= 0.6 is 12.6 Å². The molecule has 4 unspecified atom stereocenters. The van der Waals surface area contributed by atoms with Crippen LogP contribution in [-0.2, 0) is 25.6 Å². The van der Waals surface area contributed by atoms with Crippen molar-refractivity contribution in [3.8, 4) is 0 Å². The lowest BCUT2D eigenvalue weighted by Crippen LogP contribution is -2.58. The van der Waals surface area contributed by atoms with Crippen LogP contribution in [0.3, 0.4) is 0 Å². The van der Waals surface area contributed by atoms with Gasteiger partial charge in [-0.1, -0.05) is 36.8 Å². The number of hydrogen-bond acceptors (Lipinski definition) is 8. The molecule has 0 spiro atoms. The van der Waals surface area contributed by atoms with Crippen LogP contribution in [0, 0.1) is 0 Å². The second-order valence-corrected chi connectivity index (χ2v) is 7.83. The van der Waals surface area contributed by atoms with Gasteiger partial charge in [0.05, 0.1) is 12.6 Å². The quantitative estimate of drug-likeness (QED) is 0.105. The molecule has 184 valence electrons. The lowest BCUT2D eigenvalue weighted by Gasteiger charge is -2.24. The smallest absolute Gasteiger partial charge is 0.327 e. The monoisotopic (exact) mass is 483 g/mol. The highest BCUT2D eigenvalue weighted by Crippen LogP contribution is 2.06. The molecule has 0 aromatic heterocycles. The van der Waals surface area contributed by atoms with E-state index < -0.39 is 54.5 Å². The Morgan fingerprint density at radius 2 is 1.48 bits per heavy atom. The van der Waals surface area contributed by atoms with Crippen molar-refractivity contribution in [3.63, 3.8) is 0 Å². The van der Waals surface area contributed by atoms with Crippen molar-refractivity contribution < 1.29 is 29.4 Å². The Morgan fingerprint density at radius 3 is 2.03 bits per heavy atom. The van der Waals surface area contributed by atoms with Crippen LogP contribution in [0.4, 0.5) is 0 Å². The summed E-state index contributed by atoms with van der Waals surface area (Å²) in [4.78, 5) is 48.9. The number of carboxylic acids is 1. The molecule has 0 heterocycles. The zero-order valence-electron chi connectivity index (χ0n) is 18.3. The largest absolute Gasteiger partial charge is 0.480 e. The molecule has 33 heavy (non-hydrogen) atoms. The topological polar surface area (TPSA) is 197 Å². The van der Waals surface area contributed by atoms with Crippen molar-refractivity contribution in [2.45, 2.75) is 49.9 Å². The maximum atomic E-state index is 12.9. The highest BCUT2D eigenvalue weighted by atomic mass is 32.1. The average Bonchev–Trinajstić information content (AvgIpc) is 2.80. The highest BCUT2D eigenvalue weighted by Gasteiger charge is 2.29. The molecule has 3 amide bonds. The summed E-state index contributed by atoms with van der Waals surface area (Å²) in [6.07, 6.45) is 1.88. The molecule has 4 atom stereocenters. The number of amides is 3. The molecule has 0 bridgehead atoms. The normalized spacial score (nSPS) is 14.4. The lowest BCUT2D eigenvalue weighted by molar-refractivity contribution is -0.142. The van der Waals surface area contributed by atoms with E-state index >= 15 is 0 Å². The number of carboxylic acid groups (broad SMARTS) is 1. The van der Waals surface area contributed by atoms with Crippen LogP contribution < -0.4 is 27.4 Å². The molecule has 0 aliphatic carbocycles. The van der Waals surface area contributed by atoms with Gasteiger partial charge >= 0.3 is 5.97 Å². The van der Waals surface area contributed by atoms with Crippen LogP contribution in [0.2, 0.25) is 0 Å². The van der Waals surface area contributed by atoms with E-state index in [2.05, 4.69) is 28.6 Å². The second kappa shape index (κ2) is 15.2. The van der Waals surface area contributed by atoms with E-state index in [0.29, 0.717) is 25.8 Å². The van der Waals surface area contributed by atoms with Gasteiger partial charge in [0.25, 0.3) is 0 Å². The lowest BCUT2D eigenvalue weighted by atomic mass is 10.0. The first-order valence-corrected chi connectivity index (χ1v) is 11.2. The van der Waals surface area contributed by atoms with Crippen LogP contribution in [0.1, 0.15) is 24.8 Å². The number of aliphatic hydroxyl groups excluding tert-OH is 1. The Hall–Kier alpha value is -2.67. The zero-order chi connectivity index (χ0) is 24.8. The number of thiol groups is 1. The Kier molecular flexibility index (Phi) is 13.1. The van der Waals surface area contributed by atoms with Gasteiger partial charge in [-0.05, 0) is 24.9 Å². The fourth-order valence-electron chi connectivity index (χ4n) is 2.90. The first kappa shape index (κ1) is 28.4. The van der Waals surface area contributed by atoms with Gasteiger partial charge in [0, 0.05) is 12.2 Å². The molecule has 0 radical (unpaired) electrons. The maximum absolute atomic E-state index is 12.9. The minimum Gasteiger partial charge on any atom is -0.480 e. The van der Waals surface area contributed by atoms with Crippen LogP contribution in [0.25, 0.3) is 0 Å². The van der Waals surface area contributed by atoms with E-state index in [9.17, 15) is 24.3 Å². The molecule has 1 rings (SSSR count). The highest BCUT2D eigenvalue weighted by molar-refractivity contribution is 7.80. The number of aliphatic carboxylic acids is 1. The molecule has 12 heteroatoms. The molecular formula is C21H33N5O6S. The molecule has 0 aliphatic rings. The molecule has 0 saturated carbocycles. The van der Waals surface area contributed by atoms with Crippen molar-refractivity contribution in [1.82, 2.24) is 16.0 Å². The van der Waals surface area contributed by atoms with Crippen LogP contribution in [0.15, 0.2) is 30.3 Å². The third-order valence-electron chi connectivity index (χ3n) is 4.83. The number of hydrogen-bond donors (Lipinski definition) is 8. The van der Waals surface area contributed by atoms with E-state index in [1.54, 1.807) is 30.3 Å². The average molecular weight is 484 g/mol. The second-order valence-electron chi connectivity index (χ2n) is 7.47. The van der Waals surface area contributed by atoms with E-state index in [-0.39, 0.29) is 12.2 Å². The molecule has 9 N–H and O–H groups in total. The number of unbranched alkanes of at least 4 members (excludes halogenated alkanes) is 1. The molecule has 0 fully saturated rings. The fourth-order valence-corrected chi connectivity index (χ4v) is 3.15. The van der Waals surface area contributed by atoms with E-state index in [1.165, 1.54) is 0 Å². The summed E-state index contributed by atoms with van der Waals surface area (Å²) < 4.78 is 0. The molecule has 1 aromatic rings. The summed E-state index contributed by atoms with van der Waals surface area (Å²) in [6.45, 7) is -0.297. The number of benzene rings is 1. The maximum Gasteiger partial charge on any atom is 0.327 e. The Balaban J connectivity index is 2.91. The summed E-state index contributed by atoms with van der Waals surface area (Å²) in [6, 6.07) is 4.26. The predicted molar refractivity (Wildman–Crippen MR) is 125 cm³/mol. The number of carbonyl (C=O) groups is 4. The first-order chi connectivity index (χ1) is 15.7. The van der Waals surface area contributed by atoms with Crippen molar-refractivity contribution in [3.05, 3.63) is 35.9 Å². The van der Waals surface area contributed by atoms with E-state index in [1.807, 2.05) is 0 Å². The zero-order valence-corrected chi connectivity index (χ0v) is 19.2. The van der Waals surface area contributed by atoms with E-state index in [4.69, 9.17) is 16.6 Å². The number of aliphatic hydroxyl groups is 1. The summed E-state index contributed by atoms with van der Waals surface area (Å²) in [5.74, 6) is -3.64. The fraction of sp³-hybridized carbons (Fsp3) is 0.524. The van der Waals surface area contributed by atoms with Gasteiger partial charge in [-0.25, -0.2) is 4.79 Å². The summed E-state index contributed by atoms with van der Waals surface area (Å²) >= 11 is 3.86. The Bertz CT molecular complexity index is 782. The van der Waals surface area contributed by atoms with Gasteiger partial charge in [0.2, 0.25) is 17.7 Å². The number of rotatable bonds is 15. The van der Waals surface area contributed by atoms with Gasteiger partial charge in [0.1, 0.15) is 18.1 Å².